The van der Waals surface area contributed by atoms with Crippen molar-refractivity contribution in [3.8, 4) is 17.3 Å². The first kappa shape index (κ1) is 18.4. The second-order valence-corrected chi connectivity index (χ2v) is 6.68. The molecule has 8 heteroatoms. The predicted molar refractivity (Wildman–Crippen MR) is 105 cm³/mol. The van der Waals surface area contributed by atoms with E-state index in [2.05, 4.69) is 15.2 Å². The van der Waals surface area contributed by atoms with Crippen molar-refractivity contribution in [1.29, 1.82) is 5.26 Å². The van der Waals surface area contributed by atoms with Gasteiger partial charge in [0.1, 0.15) is 5.69 Å². The van der Waals surface area contributed by atoms with E-state index in [4.69, 9.17) is 5.26 Å². The lowest BCUT2D eigenvalue weighted by Crippen LogP contribution is -2.50. The average molecular weight is 386 g/mol. The van der Waals surface area contributed by atoms with Gasteiger partial charge in [-0.05, 0) is 42.5 Å². The zero-order valence-corrected chi connectivity index (χ0v) is 15.6. The fraction of sp³-hybridized carbons (Fsp3) is 0.190. The molecule has 29 heavy (non-hydrogen) atoms. The first-order valence-electron chi connectivity index (χ1n) is 9.20. The molecule has 0 saturated carbocycles. The van der Waals surface area contributed by atoms with Crippen molar-refractivity contribution in [2.75, 3.05) is 26.2 Å². The molecular formula is C21H18N6O2. The first-order valence-corrected chi connectivity index (χ1v) is 9.20. The molecule has 0 unspecified atom stereocenters. The molecule has 1 N–H and O–H groups in total. The molecule has 1 fully saturated rings. The van der Waals surface area contributed by atoms with Gasteiger partial charge in [-0.1, -0.05) is 0 Å². The molecule has 0 spiro atoms. The van der Waals surface area contributed by atoms with Crippen molar-refractivity contribution < 1.29 is 9.59 Å². The Morgan fingerprint density at radius 2 is 1.55 bits per heavy atom. The summed E-state index contributed by atoms with van der Waals surface area (Å²) in [5, 5.41) is 15.9. The smallest absolute Gasteiger partial charge is 0.272 e. The Kier molecular flexibility index (Phi) is 5.03. The zero-order chi connectivity index (χ0) is 20.2. The van der Waals surface area contributed by atoms with Gasteiger partial charge in [0.25, 0.3) is 11.8 Å². The van der Waals surface area contributed by atoms with Crippen molar-refractivity contribution in [3.05, 3.63) is 71.7 Å². The van der Waals surface area contributed by atoms with Gasteiger partial charge in [-0.2, -0.15) is 10.4 Å². The van der Waals surface area contributed by atoms with Crippen LogP contribution in [0.15, 0.2) is 54.9 Å². The van der Waals surface area contributed by atoms with Gasteiger partial charge >= 0.3 is 0 Å². The minimum absolute atomic E-state index is 0.0943. The molecule has 0 aliphatic carbocycles. The third-order valence-corrected chi connectivity index (χ3v) is 4.90. The number of hydrogen-bond donors (Lipinski definition) is 1. The molecule has 144 valence electrons. The molecule has 3 heterocycles. The maximum atomic E-state index is 12.8. The predicted octanol–water partition coefficient (Wildman–Crippen LogP) is 1.94. The van der Waals surface area contributed by atoms with Crippen LogP contribution in [0.3, 0.4) is 0 Å². The number of aromatic amines is 1. The van der Waals surface area contributed by atoms with Crippen LogP contribution in [0.2, 0.25) is 0 Å². The molecule has 1 saturated heterocycles. The number of carbonyl (C=O) groups is 2. The summed E-state index contributed by atoms with van der Waals surface area (Å²) in [6.45, 7) is 1.81. The first-order chi connectivity index (χ1) is 14.2. The Bertz CT molecular complexity index is 1060. The van der Waals surface area contributed by atoms with E-state index in [0.717, 1.165) is 5.56 Å². The van der Waals surface area contributed by atoms with E-state index >= 15 is 0 Å². The minimum atomic E-state index is -0.136. The number of amides is 2. The molecule has 8 nitrogen and oxygen atoms in total. The molecule has 4 rings (SSSR count). The van der Waals surface area contributed by atoms with Gasteiger partial charge in [-0.25, -0.2) is 0 Å². The number of nitrogens with zero attached hydrogens (tertiary/aromatic N) is 5. The summed E-state index contributed by atoms with van der Waals surface area (Å²) in [5.41, 5.74) is 3.05. The molecule has 3 aromatic rings. The summed E-state index contributed by atoms with van der Waals surface area (Å²) in [6, 6.07) is 14.0. The molecule has 1 aliphatic heterocycles. The number of pyridine rings is 1. The number of benzene rings is 1. The van der Waals surface area contributed by atoms with E-state index in [9.17, 15) is 9.59 Å². The van der Waals surface area contributed by atoms with E-state index in [-0.39, 0.29) is 11.8 Å². The van der Waals surface area contributed by atoms with E-state index in [1.807, 2.05) is 18.2 Å². The van der Waals surface area contributed by atoms with Crippen molar-refractivity contribution in [2.24, 2.45) is 0 Å². The van der Waals surface area contributed by atoms with Crippen molar-refractivity contribution in [2.45, 2.75) is 0 Å². The molecule has 0 bridgehead atoms. The van der Waals surface area contributed by atoms with E-state index < -0.39 is 0 Å². The van der Waals surface area contributed by atoms with Gasteiger partial charge in [-0.3, -0.25) is 19.7 Å². The molecule has 0 atom stereocenters. The van der Waals surface area contributed by atoms with Crippen molar-refractivity contribution >= 4 is 11.8 Å². The molecule has 1 aromatic carbocycles. The maximum absolute atomic E-state index is 12.8. The summed E-state index contributed by atoms with van der Waals surface area (Å²) in [4.78, 5) is 32.8. The SMILES string of the molecule is N#Cc1ccc(C(=O)N2CCN(C(=O)c3cc(-c4ccncc4)n[nH]3)CC2)cc1. The molecule has 2 amide bonds. The Morgan fingerprint density at radius 1 is 0.931 bits per heavy atom. The van der Waals surface area contributed by atoms with Crippen LogP contribution in [0.25, 0.3) is 11.3 Å². The molecule has 0 radical (unpaired) electrons. The lowest BCUT2D eigenvalue weighted by atomic mass is 10.1. The van der Waals surface area contributed by atoms with Crippen LogP contribution in [0.4, 0.5) is 0 Å². The summed E-state index contributed by atoms with van der Waals surface area (Å²) >= 11 is 0. The summed E-state index contributed by atoms with van der Waals surface area (Å²) < 4.78 is 0. The number of hydrogen-bond acceptors (Lipinski definition) is 5. The second kappa shape index (κ2) is 7.94. The Morgan fingerprint density at radius 3 is 2.17 bits per heavy atom. The van der Waals surface area contributed by atoms with Gasteiger partial charge in [0.2, 0.25) is 0 Å². The monoisotopic (exact) mass is 386 g/mol. The van der Waals surface area contributed by atoms with Crippen LogP contribution >= 0.6 is 0 Å². The van der Waals surface area contributed by atoms with Crippen LogP contribution in [-0.2, 0) is 0 Å². The van der Waals surface area contributed by atoms with Gasteiger partial charge < -0.3 is 9.80 Å². The lowest BCUT2D eigenvalue weighted by Gasteiger charge is -2.34. The number of nitriles is 1. The van der Waals surface area contributed by atoms with Gasteiger partial charge in [0, 0.05) is 49.7 Å². The lowest BCUT2D eigenvalue weighted by molar-refractivity contribution is 0.0532. The average Bonchev–Trinajstić information content (AvgIpc) is 3.29. The quantitative estimate of drug-likeness (QED) is 0.740. The van der Waals surface area contributed by atoms with Crippen LogP contribution in [0, 0.1) is 11.3 Å². The third-order valence-electron chi connectivity index (χ3n) is 4.90. The highest BCUT2D eigenvalue weighted by Gasteiger charge is 2.26. The highest BCUT2D eigenvalue weighted by molar-refractivity contribution is 5.95. The maximum Gasteiger partial charge on any atom is 0.272 e. The standard InChI is InChI=1S/C21H18N6O2/c22-14-15-1-3-17(4-2-15)20(28)26-9-11-27(12-10-26)21(29)19-13-18(24-25-19)16-5-7-23-8-6-16/h1-8,13H,9-12H2,(H,24,25). The third kappa shape index (κ3) is 3.84. The fourth-order valence-electron chi connectivity index (χ4n) is 3.25. The number of aromatic nitrogens is 3. The van der Waals surface area contributed by atoms with Gasteiger partial charge in [0.15, 0.2) is 0 Å². The fourth-order valence-corrected chi connectivity index (χ4v) is 3.25. The normalized spacial score (nSPS) is 13.8. The van der Waals surface area contributed by atoms with Crippen LogP contribution in [0.1, 0.15) is 26.4 Å². The van der Waals surface area contributed by atoms with Crippen LogP contribution < -0.4 is 0 Å². The molecular weight excluding hydrogens is 368 g/mol. The summed E-state index contributed by atoms with van der Waals surface area (Å²) in [5.74, 6) is -0.230. The van der Waals surface area contributed by atoms with Crippen LogP contribution in [0.5, 0.6) is 0 Å². The summed E-state index contributed by atoms with van der Waals surface area (Å²) in [6.07, 6.45) is 3.35. The van der Waals surface area contributed by atoms with Crippen molar-refractivity contribution in [1.82, 2.24) is 25.0 Å². The largest absolute Gasteiger partial charge is 0.335 e. The van der Waals surface area contributed by atoms with Gasteiger partial charge in [0.05, 0.1) is 17.3 Å². The number of carbonyl (C=O) groups excluding carboxylic acids is 2. The Hall–Kier alpha value is -3.99. The molecule has 1 aliphatic rings. The second-order valence-electron chi connectivity index (χ2n) is 6.68. The minimum Gasteiger partial charge on any atom is -0.335 e. The summed E-state index contributed by atoms with van der Waals surface area (Å²) in [7, 11) is 0. The highest BCUT2D eigenvalue weighted by Crippen LogP contribution is 2.18. The molecule has 2 aromatic heterocycles. The van der Waals surface area contributed by atoms with Crippen LogP contribution in [-0.4, -0.2) is 63.0 Å². The number of H-pyrrole nitrogens is 1. The zero-order valence-electron chi connectivity index (χ0n) is 15.6. The van der Waals surface area contributed by atoms with Gasteiger partial charge in [-0.15, -0.1) is 0 Å². The van der Waals surface area contributed by atoms with Crippen molar-refractivity contribution in [3.63, 3.8) is 0 Å². The number of nitrogens with one attached hydrogen (secondary N) is 1. The number of piperazine rings is 1. The van der Waals surface area contributed by atoms with E-state index in [1.165, 1.54) is 0 Å². The highest BCUT2D eigenvalue weighted by atomic mass is 16.2. The number of rotatable bonds is 3. The van der Waals surface area contributed by atoms with E-state index in [1.54, 1.807) is 52.5 Å². The Labute approximate surface area is 167 Å². The Balaban J connectivity index is 1.38. The van der Waals surface area contributed by atoms with E-state index in [0.29, 0.717) is 48.7 Å². The topological polar surface area (TPSA) is 106 Å².